The van der Waals surface area contributed by atoms with E-state index in [1.54, 1.807) is 30.6 Å². The van der Waals surface area contributed by atoms with Gasteiger partial charge in [0.1, 0.15) is 0 Å². The molecule has 1 aromatic heterocycles. The topological polar surface area (TPSA) is 12.9 Å². The molecule has 0 atom stereocenters. The minimum Gasteiger partial charge on any atom is -0.264 e. The SMILES string of the molecule is FC(F)(Br)Sc1cccc2cnccc12. The summed E-state index contributed by atoms with van der Waals surface area (Å²) in [4.78, 5) is 4.48. The van der Waals surface area contributed by atoms with Crippen LogP contribution in [0, 0.1) is 0 Å². The van der Waals surface area contributed by atoms with Crippen molar-refractivity contribution >= 4 is 38.5 Å². The van der Waals surface area contributed by atoms with Gasteiger partial charge in [-0.25, -0.2) is 0 Å². The van der Waals surface area contributed by atoms with Crippen LogP contribution in [0.3, 0.4) is 0 Å². The summed E-state index contributed by atoms with van der Waals surface area (Å²) in [6.45, 7) is 0. The van der Waals surface area contributed by atoms with Gasteiger partial charge in [-0.1, -0.05) is 12.1 Å². The molecule has 0 aliphatic rings. The zero-order valence-electron chi connectivity index (χ0n) is 7.45. The molecule has 0 radical (unpaired) electrons. The normalized spacial score (nSPS) is 11.9. The van der Waals surface area contributed by atoms with Crippen molar-refractivity contribution in [3.8, 4) is 0 Å². The van der Waals surface area contributed by atoms with Crippen LogP contribution in [0.2, 0.25) is 0 Å². The Morgan fingerprint density at radius 2 is 2.07 bits per heavy atom. The van der Waals surface area contributed by atoms with E-state index in [4.69, 9.17) is 0 Å². The highest BCUT2D eigenvalue weighted by atomic mass is 79.9. The van der Waals surface area contributed by atoms with E-state index in [0.29, 0.717) is 16.7 Å². The highest BCUT2D eigenvalue weighted by Gasteiger charge is 2.26. The molecule has 0 aliphatic heterocycles. The van der Waals surface area contributed by atoms with Gasteiger partial charge in [-0.05, 0) is 29.3 Å². The first-order chi connectivity index (χ1) is 7.06. The number of hydrogen-bond acceptors (Lipinski definition) is 2. The van der Waals surface area contributed by atoms with E-state index in [9.17, 15) is 8.78 Å². The van der Waals surface area contributed by atoms with Gasteiger partial charge in [0.2, 0.25) is 0 Å². The van der Waals surface area contributed by atoms with Crippen molar-refractivity contribution < 1.29 is 8.78 Å². The summed E-state index contributed by atoms with van der Waals surface area (Å²) in [6.07, 6.45) is 3.25. The second-order valence-corrected chi connectivity index (χ2v) is 5.58. The van der Waals surface area contributed by atoms with E-state index < -0.39 is 4.16 Å². The van der Waals surface area contributed by atoms with Crippen molar-refractivity contribution in [1.29, 1.82) is 0 Å². The Kier molecular flexibility index (Phi) is 2.93. The molecular weight excluding hydrogens is 284 g/mol. The summed E-state index contributed by atoms with van der Waals surface area (Å²) in [5.41, 5.74) is 0. The number of alkyl halides is 3. The molecule has 0 fully saturated rings. The van der Waals surface area contributed by atoms with Gasteiger partial charge in [0, 0.05) is 38.6 Å². The van der Waals surface area contributed by atoms with Crippen LogP contribution < -0.4 is 0 Å². The zero-order valence-corrected chi connectivity index (χ0v) is 9.86. The third-order valence-electron chi connectivity index (χ3n) is 1.87. The molecule has 0 amide bonds. The van der Waals surface area contributed by atoms with E-state index in [1.165, 1.54) is 0 Å². The van der Waals surface area contributed by atoms with Gasteiger partial charge in [-0.2, -0.15) is 8.78 Å². The van der Waals surface area contributed by atoms with Crippen LogP contribution in [0.5, 0.6) is 0 Å². The maximum Gasteiger partial charge on any atom is 0.353 e. The first-order valence-electron chi connectivity index (χ1n) is 4.15. The summed E-state index contributed by atoms with van der Waals surface area (Å²) < 4.78 is 22.7. The Hall–Kier alpha value is -0.680. The quantitative estimate of drug-likeness (QED) is 0.605. The van der Waals surface area contributed by atoms with Crippen LogP contribution in [-0.4, -0.2) is 9.15 Å². The summed E-state index contributed by atoms with van der Waals surface area (Å²) in [5.74, 6) is 0. The molecule has 0 aliphatic carbocycles. The lowest BCUT2D eigenvalue weighted by atomic mass is 10.2. The maximum atomic E-state index is 12.8. The molecule has 0 N–H and O–H groups in total. The number of hydrogen-bond donors (Lipinski definition) is 0. The van der Waals surface area contributed by atoms with Gasteiger partial charge in [-0.3, -0.25) is 4.98 Å². The van der Waals surface area contributed by atoms with Crippen molar-refractivity contribution in [2.45, 2.75) is 9.06 Å². The Morgan fingerprint density at radius 3 is 2.80 bits per heavy atom. The van der Waals surface area contributed by atoms with E-state index in [1.807, 2.05) is 6.07 Å². The van der Waals surface area contributed by atoms with Crippen LogP contribution in [0.15, 0.2) is 41.6 Å². The summed E-state index contributed by atoms with van der Waals surface area (Å²) in [7, 11) is 0. The lowest BCUT2D eigenvalue weighted by Gasteiger charge is -2.09. The van der Waals surface area contributed by atoms with Gasteiger partial charge in [-0.15, -0.1) is 0 Å². The molecule has 0 bridgehead atoms. The van der Waals surface area contributed by atoms with Gasteiger partial charge in [0.25, 0.3) is 0 Å². The minimum absolute atomic E-state index is 0.486. The summed E-state index contributed by atoms with van der Waals surface area (Å²) in [6, 6.07) is 6.99. The van der Waals surface area contributed by atoms with Crippen LogP contribution >= 0.6 is 27.7 Å². The molecule has 78 valence electrons. The Labute approximate surface area is 98.0 Å². The molecule has 0 saturated carbocycles. The standard InChI is InChI=1S/C10H6BrF2NS/c11-10(12,13)15-9-3-1-2-7-6-14-5-4-8(7)9/h1-6H. The first kappa shape index (κ1) is 10.8. The molecular formula is C10H6BrF2NS. The first-order valence-corrected chi connectivity index (χ1v) is 5.76. The predicted molar refractivity (Wildman–Crippen MR) is 61.5 cm³/mol. The fraction of sp³-hybridized carbons (Fsp3) is 0.100. The number of thioether (sulfide) groups is 1. The molecule has 0 unspecified atom stereocenters. The van der Waals surface area contributed by atoms with Crippen LogP contribution in [0.1, 0.15) is 0 Å². The number of fused-ring (bicyclic) bond motifs is 1. The van der Waals surface area contributed by atoms with Crippen molar-refractivity contribution in [2.75, 3.05) is 0 Å². The van der Waals surface area contributed by atoms with Crippen molar-refractivity contribution in [3.05, 3.63) is 36.7 Å². The predicted octanol–water partition coefficient (Wildman–Crippen LogP) is 4.27. The zero-order chi connectivity index (χ0) is 10.9. The average Bonchev–Trinajstić information content (AvgIpc) is 2.16. The number of halogens is 3. The molecule has 2 aromatic rings. The van der Waals surface area contributed by atoms with E-state index in [-0.39, 0.29) is 0 Å². The average molecular weight is 290 g/mol. The second-order valence-electron chi connectivity index (χ2n) is 2.90. The highest BCUT2D eigenvalue weighted by Crippen LogP contribution is 2.42. The Balaban J connectivity index is 2.52. The molecule has 5 heteroatoms. The monoisotopic (exact) mass is 289 g/mol. The molecule has 1 heterocycles. The van der Waals surface area contributed by atoms with Crippen LogP contribution in [0.4, 0.5) is 8.78 Å². The fourth-order valence-electron chi connectivity index (χ4n) is 1.31. The number of benzene rings is 1. The van der Waals surface area contributed by atoms with E-state index in [0.717, 1.165) is 10.8 Å². The number of aromatic nitrogens is 1. The van der Waals surface area contributed by atoms with Gasteiger partial charge in [0.15, 0.2) is 0 Å². The number of pyridine rings is 1. The Morgan fingerprint density at radius 1 is 1.27 bits per heavy atom. The number of rotatable bonds is 2. The fourth-order valence-corrected chi connectivity index (χ4v) is 2.52. The maximum absolute atomic E-state index is 12.8. The Bertz CT molecular complexity index is 479. The molecule has 2 rings (SSSR count). The molecule has 1 nitrogen and oxygen atoms in total. The van der Waals surface area contributed by atoms with Crippen molar-refractivity contribution in [2.24, 2.45) is 0 Å². The van der Waals surface area contributed by atoms with E-state index in [2.05, 4.69) is 20.9 Å². The highest BCUT2D eigenvalue weighted by molar-refractivity contribution is 9.11. The van der Waals surface area contributed by atoms with Gasteiger partial charge < -0.3 is 0 Å². The minimum atomic E-state index is -2.94. The van der Waals surface area contributed by atoms with Crippen LogP contribution in [-0.2, 0) is 0 Å². The van der Waals surface area contributed by atoms with Crippen molar-refractivity contribution in [3.63, 3.8) is 0 Å². The van der Waals surface area contributed by atoms with E-state index >= 15 is 0 Å². The van der Waals surface area contributed by atoms with Gasteiger partial charge in [0.05, 0.1) is 0 Å². The lowest BCUT2D eigenvalue weighted by Crippen LogP contribution is -1.96. The van der Waals surface area contributed by atoms with Gasteiger partial charge >= 0.3 is 4.16 Å². The third kappa shape index (κ3) is 2.66. The largest absolute Gasteiger partial charge is 0.353 e. The molecule has 0 saturated heterocycles. The molecule has 0 spiro atoms. The molecule has 1 aromatic carbocycles. The smallest absolute Gasteiger partial charge is 0.264 e. The second kappa shape index (κ2) is 4.06. The lowest BCUT2D eigenvalue weighted by molar-refractivity contribution is 0.221. The van der Waals surface area contributed by atoms with Crippen LogP contribution in [0.25, 0.3) is 10.8 Å². The third-order valence-corrected chi connectivity index (χ3v) is 3.16. The summed E-state index contributed by atoms with van der Waals surface area (Å²) >= 11 is 2.80. The number of nitrogens with zero attached hydrogens (tertiary/aromatic N) is 1. The summed E-state index contributed by atoms with van der Waals surface area (Å²) in [5, 5.41) is 1.65. The van der Waals surface area contributed by atoms with Crippen molar-refractivity contribution in [1.82, 2.24) is 4.98 Å². The molecule has 15 heavy (non-hydrogen) atoms.